The van der Waals surface area contributed by atoms with Crippen LogP contribution in [-0.2, 0) is 17.9 Å². The average Bonchev–Trinajstić information content (AvgIpc) is 2.73. The van der Waals surface area contributed by atoms with Crippen LogP contribution in [0.3, 0.4) is 0 Å². The molecule has 1 atom stereocenters. The standard InChI is InChI=1S/C23H30N2O4/c1-17-8-10-18(11-9-17)14-24-16-23(27)12-5-13-25(22(23)26)15-19-6-4-7-20(28-2)21(19)29-3/h4,6-11,24,27H,5,12-16H2,1-3H3/t23-/m0/s1. The van der Waals surface area contributed by atoms with Crippen molar-refractivity contribution < 1.29 is 19.4 Å². The largest absolute Gasteiger partial charge is 0.493 e. The van der Waals surface area contributed by atoms with Crippen LogP contribution in [0.2, 0.25) is 0 Å². The Bertz CT molecular complexity index is 837. The summed E-state index contributed by atoms with van der Waals surface area (Å²) in [6.45, 7) is 3.87. The molecule has 0 aliphatic carbocycles. The van der Waals surface area contributed by atoms with Crippen LogP contribution in [0.25, 0.3) is 0 Å². The van der Waals surface area contributed by atoms with Gasteiger partial charge in [0.1, 0.15) is 0 Å². The first-order valence-corrected chi connectivity index (χ1v) is 9.95. The van der Waals surface area contributed by atoms with Gasteiger partial charge in [0.25, 0.3) is 5.91 Å². The first kappa shape index (κ1) is 21.1. The molecule has 0 radical (unpaired) electrons. The van der Waals surface area contributed by atoms with E-state index in [0.717, 1.165) is 17.5 Å². The molecule has 1 amide bonds. The van der Waals surface area contributed by atoms with E-state index in [4.69, 9.17) is 9.47 Å². The highest BCUT2D eigenvalue weighted by Crippen LogP contribution is 2.33. The Morgan fingerprint density at radius 3 is 2.59 bits per heavy atom. The van der Waals surface area contributed by atoms with Gasteiger partial charge < -0.3 is 24.8 Å². The van der Waals surface area contributed by atoms with E-state index in [1.807, 2.05) is 25.1 Å². The second-order valence-electron chi connectivity index (χ2n) is 7.60. The minimum absolute atomic E-state index is 0.228. The molecule has 2 aromatic rings. The van der Waals surface area contributed by atoms with Gasteiger partial charge in [-0.1, -0.05) is 42.0 Å². The van der Waals surface area contributed by atoms with Gasteiger partial charge in [-0.15, -0.1) is 0 Å². The Balaban J connectivity index is 1.65. The van der Waals surface area contributed by atoms with Crippen molar-refractivity contribution in [3.8, 4) is 11.5 Å². The van der Waals surface area contributed by atoms with Crippen molar-refractivity contribution >= 4 is 5.91 Å². The molecule has 6 nitrogen and oxygen atoms in total. The number of likely N-dealkylation sites (tertiary alicyclic amines) is 1. The molecule has 0 saturated carbocycles. The van der Waals surface area contributed by atoms with Gasteiger partial charge in [0.2, 0.25) is 0 Å². The maximum Gasteiger partial charge on any atom is 0.256 e. The van der Waals surface area contributed by atoms with Crippen molar-refractivity contribution in [1.82, 2.24) is 10.2 Å². The van der Waals surface area contributed by atoms with Crippen LogP contribution >= 0.6 is 0 Å². The first-order valence-electron chi connectivity index (χ1n) is 9.95. The normalized spacial score (nSPS) is 19.3. The Kier molecular flexibility index (Phi) is 6.77. The molecule has 29 heavy (non-hydrogen) atoms. The summed E-state index contributed by atoms with van der Waals surface area (Å²) in [5.41, 5.74) is 1.80. The van der Waals surface area contributed by atoms with Crippen molar-refractivity contribution in [3.05, 3.63) is 59.2 Å². The number of nitrogens with zero attached hydrogens (tertiary/aromatic N) is 1. The lowest BCUT2D eigenvalue weighted by molar-refractivity contribution is -0.157. The van der Waals surface area contributed by atoms with Gasteiger partial charge in [-0.05, 0) is 31.4 Å². The Labute approximate surface area is 172 Å². The molecule has 2 aromatic carbocycles. The van der Waals surface area contributed by atoms with Crippen molar-refractivity contribution in [2.75, 3.05) is 27.3 Å². The van der Waals surface area contributed by atoms with Crippen molar-refractivity contribution in [1.29, 1.82) is 0 Å². The highest BCUT2D eigenvalue weighted by Gasteiger charge is 2.42. The number of hydrogen-bond acceptors (Lipinski definition) is 5. The van der Waals surface area contributed by atoms with Crippen molar-refractivity contribution in [2.24, 2.45) is 0 Å². The number of hydrogen-bond donors (Lipinski definition) is 2. The fraction of sp³-hybridized carbons (Fsp3) is 0.435. The lowest BCUT2D eigenvalue weighted by atomic mass is 9.91. The first-order chi connectivity index (χ1) is 14.0. The number of piperidine rings is 1. The summed E-state index contributed by atoms with van der Waals surface area (Å²) < 4.78 is 10.8. The maximum atomic E-state index is 13.1. The number of methoxy groups -OCH3 is 2. The third-order valence-corrected chi connectivity index (χ3v) is 5.42. The zero-order chi connectivity index (χ0) is 20.9. The summed E-state index contributed by atoms with van der Waals surface area (Å²) in [6.07, 6.45) is 1.21. The maximum absolute atomic E-state index is 13.1. The van der Waals surface area contributed by atoms with Crippen LogP contribution in [0.4, 0.5) is 0 Å². The molecule has 1 aliphatic rings. The number of rotatable bonds is 8. The van der Waals surface area contributed by atoms with Gasteiger partial charge in [-0.3, -0.25) is 4.79 Å². The fourth-order valence-corrected chi connectivity index (χ4v) is 3.78. The average molecular weight is 399 g/mol. The summed E-state index contributed by atoms with van der Waals surface area (Å²) >= 11 is 0. The lowest BCUT2D eigenvalue weighted by Crippen LogP contribution is -2.57. The van der Waals surface area contributed by atoms with Crippen LogP contribution in [0.15, 0.2) is 42.5 Å². The van der Waals surface area contributed by atoms with Crippen LogP contribution in [0.5, 0.6) is 11.5 Å². The third kappa shape index (κ3) is 4.89. The molecule has 0 spiro atoms. The van der Waals surface area contributed by atoms with Crippen LogP contribution in [0, 0.1) is 6.92 Å². The monoisotopic (exact) mass is 398 g/mol. The van der Waals surface area contributed by atoms with Crippen molar-refractivity contribution in [2.45, 2.75) is 38.5 Å². The summed E-state index contributed by atoms with van der Waals surface area (Å²) in [4.78, 5) is 14.8. The van der Waals surface area contributed by atoms with E-state index in [1.165, 1.54) is 5.56 Å². The molecular formula is C23H30N2O4. The summed E-state index contributed by atoms with van der Waals surface area (Å²) in [5, 5.41) is 14.3. The Morgan fingerprint density at radius 1 is 1.14 bits per heavy atom. The van der Waals surface area contributed by atoms with E-state index in [2.05, 4.69) is 29.6 Å². The minimum atomic E-state index is -1.39. The highest BCUT2D eigenvalue weighted by atomic mass is 16.5. The number of amides is 1. The predicted octanol–water partition coefficient (Wildman–Crippen LogP) is 2.66. The molecule has 0 unspecified atom stereocenters. The fourth-order valence-electron chi connectivity index (χ4n) is 3.78. The van der Waals surface area contributed by atoms with E-state index in [1.54, 1.807) is 19.1 Å². The third-order valence-electron chi connectivity index (χ3n) is 5.42. The summed E-state index contributed by atoms with van der Waals surface area (Å²) in [5.74, 6) is 1.00. The molecule has 1 aliphatic heterocycles. The number of carbonyl (C=O) groups excluding carboxylic acids is 1. The topological polar surface area (TPSA) is 71.0 Å². The zero-order valence-corrected chi connectivity index (χ0v) is 17.4. The molecule has 1 heterocycles. The number of carbonyl (C=O) groups is 1. The molecule has 0 aromatic heterocycles. The van der Waals surface area contributed by atoms with Gasteiger partial charge in [0, 0.05) is 31.7 Å². The van der Waals surface area contributed by atoms with Crippen LogP contribution < -0.4 is 14.8 Å². The SMILES string of the molecule is COc1cccc(CN2CCC[C@](O)(CNCc3ccc(C)cc3)C2=O)c1OC. The van der Waals surface area contributed by atoms with Crippen LogP contribution in [-0.4, -0.2) is 48.8 Å². The molecule has 0 bridgehead atoms. The van der Waals surface area contributed by atoms with E-state index in [-0.39, 0.29) is 12.5 Å². The quantitative estimate of drug-likeness (QED) is 0.715. The second-order valence-corrected chi connectivity index (χ2v) is 7.60. The number of ether oxygens (including phenoxy) is 2. The van der Waals surface area contributed by atoms with E-state index in [9.17, 15) is 9.90 Å². The Morgan fingerprint density at radius 2 is 1.90 bits per heavy atom. The second kappa shape index (κ2) is 9.29. The smallest absolute Gasteiger partial charge is 0.256 e. The number of nitrogens with one attached hydrogen (secondary N) is 1. The summed E-state index contributed by atoms with van der Waals surface area (Å²) in [6, 6.07) is 13.8. The van der Waals surface area contributed by atoms with Gasteiger partial charge in [0.15, 0.2) is 17.1 Å². The number of aliphatic hydroxyl groups is 1. The zero-order valence-electron chi connectivity index (χ0n) is 17.4. The molecule has 1 saturated heterocycles. The number of benzene rings is 2. The summed E-state index contributed by atoms with van der Waals surface area (Å²) in [7, 11) is 3.18. The molecule has 1 fully saturated rings. The van der Waals surface area contributed by atoms with Gasteiger partial charge >= 0.3 is 0 Å². The van der Waals surface area contributed by atoms with Gasteiger partial charge in [-0.25, -0.2) is 0 Å². The van der Waals surface area contributed by atoms with Crippen molar-refractivity contribution in [3.63, 3.8) is 0 Å². The van der Waals surface area contributed by atoms with E-state index in [0.29, 0.717) is 37.6 Å². The minimum Gasteiger partial charge on any atom is -0.493 e. The number of aryl methyl sites for hydroxylation is 1. The lowest BCUT2D eigenvalue weighted by Gasteiger charge is -2.38. The molecular weight excluding hydrogens is 368 g/mol. The number of para-hydroxylation sites is 1. The van der Waals surface area contributed by atoms with Gasteiger partial charge in [0.05, 0.1) is 14.2 Å². The van der Waals surface area contributed by atoms with E-state index >= 15 is 0 Å². The van der Waals surface area contributed by atoms with E-state index < -0.39 is 5.60 Å². The Hall–Kier alpha value is -2.57. The molecule has 6 heteroatoms. The molecule has 156 valence electrons. The molecule has 2 N–H and O–H groups in total. The predicted molar refractivity (Wildman–Crippen MR) is 112 cm³/mol. The molecule has 3 rings (SSSR count). The van der Waals surface area contributed by atoms with Crippen LogP contribution in [0.1, 0.15) is 29.5 Å². The van der Waals surface area contributed by atoms with Gasteiger partial charge in [-0.2, -0.15) is 0 Å². The highest BCUT2D eigenvalue weighted by molar-refractivity contribution is 5.86.